The second kappa shape index (κ2) is 6.93. The van der Waals surface area contributed by atoms with E-state index in [2.05, 4.69) is 26.1 Å². The number of ether oxygens (including phenoxy) is 1. The summed E-state index contributed by atoms with van der Waals surface area (Å²) in [6.45, 7) is 5.85. The molecule has 0 aliphatic carbocycles. The number of anilines is 1. The third kappa shape index (κ3) is 6.78. The summed E-state index contributed by atoms with van der Waals surface area (Å²) in [6.07, 6.45) is 1.25. The smallest absolute Gasteiger partial charge is 0.341 e. The zero-order valence-corrected chi connectivity index (χ0v) is 12.1. The Morgan fingerprint density at radius 3 is 2.60 bits per heavy atom. The first kappa shape index (κ1) is 16.0. The van der Waals surface area contributed by atoms with Crippen LogP contribution in [0.5, 0.6) is 5.75 Å². The molecule has 1 aromatic rings. The Labute approximate surface area is 118 Å². The minimum Gasteiger partial charge on any atom is -0.482 e. The average molecular weight is 279 g/mol. The fourth-order valence-electron chi connectivity index (χ4n) is 1.52. The number of amides is 1. The van der Waals surface area contributed by atoms with Crippen LogP contribution < -0.4 is 10.1 Å². The van der Waals surface area contributed by atoms with E-state index in [0.29, 0.717) is 17.9 Å². The van der Waals surface area contributed by atoms with Crippen LogP contribution in [0, 0.1) is 5.41 Å². The van der Waals surface area contributed by atoms with Crippen molar-refractivity contribution in [3.63, 3.8) is 0 Å². The molecule has 0 saturated carbocycles. The summed E-state index contributed by atoms with van der Waals surface area (Å²) >= 11 is 0. The van der Waals surface area contributed by atoms with Gasteiger partial charge in [0.15, 0.2) is 6.61 Å². The van der Waals surface area contributed by atoms with E-state index in [1.165, 1.54) is 0 Å². The molecule has 1 amide bonds. The fraction of sp³-hybridized carbons (Fsp3) is 0.467. The first-order valence-electron chi connectivity index (χ1n) is 6.51. The largest absolute Gasteiger partial charge is 0.482 e. The molecule has 1 rings (SSSR count). The standard InChI is InChI=1S/C15H21NO4/c1-15(2,3)8-7-13(17)16-11-5-4-6-12(9-11)20-10-14(18)19/h4-6,9H,7-8,10H2,1-3H3,(H,16,17)(H,18,19). The maximum Gasteiger partial charge on any atom is 0.341 e. The van der Waals surface area contributed by atoms with Crippen molar-refractivity contribution < 1.29 is 19.4 Å². The minimum atomic E-state index is -1.04. The zero-order valence-electron chi connectivity index (χ0n) is 12.1. The van der Waals surface area contributed by atoms with E-state index in [1.807, 2.05) is 0 Å². The summed E-state index contributed by atoms with van der Waals surface area (Å²) in [5.74, 6) is -0.680. The van der Waals surface area contributed by atoms with Crippen LogP contribution in [0.15, 0.2) is 24.3 Å². The molecule has 0 aliphatic rings. The number of benzene rings is 1. The van der Waals surface area contributed by atoms with Crippen molar-refractivity contribution in [2.24, 2.45) is 5.41 Å². The molecule has 0 fully saturated rings. The monoisotopic (exact) mass is 279 g/mol. The van der Waals surface area contributed by atoms with Crippen molar-refractivity contribution >= 4 is 17.6 Å². The van der Waals surface area contributed by atoms with E-state index in [4.69, 9.17) is 9.84 Å². The molecule has 0 spiro atoms. The van der Waals surface area contributed by atoms with Gasteiger partial charge < -0.3 is 15.2 Å². The lowest BCUT2D eigenvalue weighted by atomic mass is 9.90. The first-order chi connectivity index (χ1) is 9.26. The second-order valence-electron chi connectivity index (χ2n) is 5.82. The number of carboxylic acid groups (broad SMARTS) is 1. The van der Waals surface area contributed by atoms with Crippen LogP contribution in [0.3, 0.4) is 0 Å². The second-order valence-corrected chi connectivity index (χ2v) is 5.82. The Morgan fingerprint density at radius 1 is 1.30 bits per heavy atom. The lowest BCUT2D eigenvalue weighted by Crippen LogP contribution is -2.15. The number of aliphatic carboxylic acids is 1. The van der Waals surface area contributed by atoms with E-state index < -0.39 is 12.6 Å². The van der Waals surface area contributed by atoms with Gasteiger partial charge in [0, 0.05) is 18.2 Å². The Bertz CT molecular complexity index is 477. The number of nitrogens with one attached hydrogen (secondary N) is 1. The van der Waals surface area contributed by atoms with Gasteiger partial charge in [-0.3, -0.25) is 4.79 Å². The summed E-state index contributed by atoms with van der Waals surface area (Å²) < 4.78 is 5.05. The molecule has 0 unspecified atom stereocenters. The maximum atomic E-state index is 11.8. The number of hydrogen-bond acceptors (Lipinski definition) is 3. The Morgan fingerprint density at radius 2 is 2.00 bits per heavy atom. The summed E-state index contributed by atoms with van der Waals surface area (Å²) in [5.41, 5.74) is 0.718. The number of carbonyl (C=O) groups is 2. The van der Waals surface area contributed by atoms with Crippen molar-refractivity contribution in [1.29, 1.82) is 0 Å². The molecule has 5 nitrogen and oxygen atoms in total. The van der Waals surface area contributed by atoms with Gasteiger partial charge in [-0.1, -0.05) is 26.8 Å². The van der Waals surface area contributed by atoms with Crippen LogP contribution in [0.25, 0.3) is 0 Å². The normalized spacial score (nSPS) is 10.9. The van der Waals surface area contributed by atoms with Gasteiger partial charge >= 0.3 is 5.97 Å². The van der Waals surface area contributed by atoms with Gasteiger partial charge in [0.1, 0.15) is 5.75 Å². The molecule has 0 bridgehead atoms. The molecular weight excluding hydrogens is 258 g/mol. The predicted octanol–water partition coefficient (Wildman–Crippen LogP) is 2.91. The molecule has 0 aliphatic heterocycles. The molecule has 0 saturated heterocycles. The fourth-order valence-corrected chi connectivity index (χ4v) is 1.52. The maximum absolute atomic E-state index is 11.8. The lowest BCUT2D eigenvalue weighted by Gasteiger charge is -2.17. The van der Waals surface area contributed by atoms with Crippen molar-refractivity contribution in [3.8, 4) is 5.75 Å². The summed E-state index contributed by atoms with van der Waals surface area (Å²) in [5, 5.41) is 11.3. The topological polar surface area (TPSA) is 75.6 Å². The predicted molar refractivity (Wildman–Crippen MR) is 76.9 cm³/mol. The molecule has 0 radical (unpaired) electrons. The van der Waals surface area contributed by atoms with Crippen molar-refractivity contribution in [1.82, 2.24) is 0 Å². The van der Waals surface area contributed by atoms with E-state index in [9.17, 15) is 9.59 Å². The third-order valence-electron chi connectivity index (χ3n) is 2.58. The van der Waals surface area contributed by atoms with Gasteiger partial charge in [0.05, 0.1) is 0 Å². The summed E-state index contributed by atoms with van der Waals surface area (Å²) in [7, 11) is 0. The summed E-state index contributed by atoms with van der Waals surface area (Å²) in [6, 6.07) is 6.70. The van der Waals surface area contributed by atoms with Gasteiger partial charge in [0.2, 0.25) is 5.91 Å². The van der Waals surface area contributed by atoms with Crippen molar-refractivity contribution in [2.45, 2.75) is 33.6 Å². The van der Waals surface area contributed by atoms with Gasteiger partial charge in [-0.15, -0.1) is 0 Å². The Kier molecular flexibility index (Phi) is 5.55. The van der Waals surface area contributed by atoms with Crippen LogP contribution in [-0.2, 0) is 9.59 Å². The highest BCUT2D eigenvalue weighted by Gasteiger charge is 2.13. The quantitative estimate of drug-likeness (QED) is 0.839. The van der Waals surface area contributed by atoms with Crippen LogP contribution in [0.4, 0.5) is 5.69 Å². The molecule has 0 aromatic heterocycles. The molecule has 1 aromatic carbocycles. The SMILES string of the molecule is CC(C)(C)CCC(=O)Nc1cccc(OCC(=O)O)c1. The first-order valence-corrected chi connectivity index (χ1v) is 6.51. The number of carboxylic acids is 1. The Balaban J connectivity index is 2.53. The van der Waals surface area contributed by atoms with Gasteiger partial charge in [-0.2, -0.15) is 0 Å². The van der Waals surface area contributed by atoms with Gasteiger partial charge in [0.25, 0.3) is 0 Å². The molecule has 0 heterocycles. The molecular formula is C15H21NO4. The highest BCUT2D eigenvalue weighted by atomic mass is 16.5. The van der Waals surface area contributed by atoms with E-state index in [1.54, 1.807) is 24.3 Å². The number of carbonyl (C=O) groups excluding carboxylic acids is 1. The Hall–Kier alpha value is -2.04. The highest BCUT2D eigenvalue weighted by Crippen LogP contribution is 2.22. The van der Waals surface area contributed by atoms with Crippen LogP contribution in [0.1, 0.15) is 33.6 Å². The van der Waals surface area contributed by atoms with E-state index in [-0.39, 0.29) is 11.3 Å². The minimum absolute atomic E-state index is 0.0599. The zero-order chi connectivity index (χ0) is 15.2. The number of hydrogen-bond donors (Lipinski definition) is 2. The van der Waals surface area contributed by atoms with E-state index >= 15 is 0 Å². The molecule has 110 valence electrons. The highest BCUT2D eigenvalue weighted by molar-refractivity contribution is 5.90. The number of rotatable bonds is 6. The lowest BCUT2D eigenvalue weighted by molar-refractivity contribution is -0.139. The van der Waals surface area contributed by atoms with Crippen molar-refractivity contribution in [2.75, 3.05) is 11.9 Å². The molecule has 20 heavy (non-hydrogen) atoms. The van der Waals surface area contributed by atoms with Crippen LogP contribution >= 0.6 is 0 Å². The molecule has 5 heteroatoms. The van der Waals surface area contributed by atoms with Gasteiger partial charge in [-0.25, -0.2) is 4.79 Å². The van der Waals surface area contributed by atoms with Crippen molar-refractivity contribution in [3.05, 3.63) is 24.3 Å². The van der Waals surface area contributed by atoms with Crippen LogP contribution in [-0.4, -0.2) is 23.6 Å². The van der Waals surface area contributed by atoms with E-state index in [0.717, 1.165) is 6.42 Å². The molecule has 0 atom stereocenters. The molecule has 2 N–H and O–H groups in total. The average Bonchev–Trinajstić information content (AvgIpc) is 2.34. The van der Waals surface area contributed by atoms with Gasteiger partial charge in [-0.05, 0) is 24.0 Å². The van der Waals surface area contributed by atoms with Crippen LogP contribution in [0.2, 0.25) is 0 Å². The summed E-state index contributed by atoms with van der Waals surface area (Å²) in [4.78, 5) is 22.2. The third-order valence-corrected chi connectivity index (χ3v) is 2.58.